The fourth-order valence-corrected chi connectivity index (χ4v) is 2.39. The number of carbonyl (C=O) groups is 1. The van der Waals surface area contributed by atoms with Crippen LogP contribution in [0.5, 0.6) is 0 Å². The third kappa shape index (κ3) is 3.26. The van der Waals surface area contributed by atoms with Crippen LogP contribution in [-0.4, -0.2) is 35.2 Å². The Labute approximate surface area is 114 Å². The van der Waals surface area contributed by atoms with E-state index in [1.54, 1.807) is 4.90 Å². The lowest BCUT2D eigenvalue weighted by atomic mass is 10.1. The van der Waals surface area contributed by atoms with Crippen molar-refractivity contribution < 1.29 is 9.90 Å². The summed E-state index contributed by atoms with van der Waals surface area (Å²) in [6.07, 6.45) is 2.14. The molecule has 104 valence electrons. The zero-order valence-corrected chi connectivity index (χ0v) is 11.6. The molecule has 19 heavy (non-hydrogen) atoms. The fraction of sp³-hybridized carbons (Fsp3) is 0.533. The highest BCUT2D eigenvalue weighted by atomic mass is 16.3. The first-order valence-corrected chi connectivity index (χ1v) is 6.99. The lowest BCUT2D eigenvalue weighted by Gasteiger charge is -2.18. The molecule has 0 aliphatic carbocycles. The summed E-state index contributed by atoms with van der Waals surface area (Å²) in [5.74, 6) is 0. The number of β-amino-alcohol motifs (C(OH)–C–C–N with tert-alkyl or cyclic N) is 1. The summed E-state index contributed by atoms with van der Waals surface area (Å²) >= 11 is 0. The summed E-state index contributed by atoms with van der Waals surface area (Å²) in [4.78, 5) is 13.8. The smallest absolute Gasteiger partial charge is 0.321 e. The van der Waals surface area contributed by atoms with E-state index in [-0.39, 0.29) is 12.1 Å². The molecule has 0 bridgehead atoms. The molecule has 1 heterocycles. The van der Waals surface area contributed by atoms with Gasteiger partial charge in [-0.3, -0.25) is 0 Å². The Hall–Kier alpha value is -1.55. The molecule has 4 nitrogen and oxygen atoms in total. The highest BCUT2D eigenvalue weighted by molar-refractivity contribution is 5.90. The van der Waals surface area contributed by atoms with E-state index in [9.17, 15) is 9.90 Å². The Bertz CT molecular complexity index is 459. The molecule has 1 fully saturated rings. The van der Waals surface area contributed by atoms with Crippen molar-refractivity contribution in [1.82, 2.24) is 4.90 Å². The monoisotopic (exact) mass is 262 g/mol. The van der Waals surface area contributed by atoms with Crippen molar-refractivity contribution in [2.75, 3.05) is 18.4 Å². The summed E-state index contributed by atoms with van der Waals surface area (Å²) in [6.45, 7) is 5.24. The Morgan fingerprint density at radius 2 is 2.21 bits per heavy atom. The lowest BCUT2D eigenvalue weighted by Crippen LogP contribution is -2.33. The lowest BCUT2D eigenvalue weighted by molar-refractivity contribution is 0.176. The summed E-state index contributed by atoms with van der Waals surface area (Å²) < 4.78 is 0. The van der Waals surface area contributed by atoms with E-state index in [2.05, 4.69) is 31.3 Å². The quantitative estimate of drug-likeness (QED) is 0.879. The average molecular weight is 262 g/mol. The van der Waals surface area contributed by atoms with Crippen molar-refractivity contribution in [2.24, 2.45) is 0 Å². The van der Waals surface area contributed by atoms with Crippen LogP contribution in [0.1, 0.15) is 31.4 Å². The number of amides is 2. The van der Waals surface area contributed by atoms with Gasteiger partial charge in [0.2, 0.25) is 0 Å². The number of aryl methyl sites for hydroxylation is 2. The number of rotatable bonds is 3. The number of hydrogen-bond donors (Lipinski definition) is 2. The standard InChI is InChI=1S/C15H22N2O2/c1-3-11-5-6-12(4-2)14(9-11)16-15(19)17-8-7-13(18)10-17/h5-6,9,13,18H,3-4,7-8,10H2,1-2H3,(H,16,19)/t13-/m0/s1. The largest absolute Gasteiger partial charge is 0.391 e. The third-order valence-corrected chi connectivity index (χ3v) is 3.66. The van der Waals surface area contributed by atoms with Crippen LogP contribution in [0.4, 0.5) is 10.5 Å². The van der Waals surface area contributed by atoms with Gasteiger partial charge in [-0.15, -0.1) is 0 Å². The molecule has 1 aromatic carbocycles. The van der Waals surface area contributed by atoms with Crippen LogP contribution in [0.3, 0.4) is 0 Å². The number of nitrogens with one attached hydrogen (secondary N) is 1. The van der Waals surface area contributed by atoms with Crippen molar-refractivity contribution in [2.45, 2.75) is 39.2 Å². The number of aliphatic hydroxyl groups is 1. The van der Waals surface area contributed by atoms with Crippen LogP contribution in [0.2, 0.25) is 0 Å². The zero-order chi connectivity index (χ0) is 13.8. The number of nitrogens with zero attached hydrogens (tertiary/aromatic N) is 1. The van der Waals surface area contributed by atoms with Crippen molar-refractivity contribution in [3.63, 3.8) is 0 Å². The van der Waals surface area contributed by atoms with E-state index in [1.165, 1.54) is 5.56 Å². The van der Waals surface area contributed by atoms with Gasteiger partial charge in [0.15, 0.2) is 0 Å². The molecule has 4 heteroatoms. The van der Waals surface area contributed by atoms with Gasteiger partial charge < -0.3 is 15.3 Å². The molecule has 2 amide bonds. The van der Waals surface area contributed by atoms with Gasteiger partial charge in [-0.05, 0) is 36.5 Å². The first-order chi connectivity index (χ1) is 9.13. The summed E-state index contributed by atoms with van der Waals surface area (Å²) in [5.41, 5.74) is 3.26. The Morgan fingerprint density at radius 3 is 2.79 bits per heavy atom. The van der Waals surface area contributed by atoms with Crippen LogP contribution in [0, 0.1) is 0 Å². The van der Waals surface area contributed by atoms with Crippen LogP contribution in [0.25, 0.3) is 0 Å². The Balaban J connectivity index is 2.11. The van der Waals surface area contributed by atoms with Crippen molar-refractivity contribution in [3.05, 3.63) is 29.3 Å². The van der Waals surface area contributed by atoms with Crippen molar-refractivity contribution in [1.29, 1.82) is 0 Å². The molecule has 2 rings (SSSR count). The minimum Gasteiger partial charge on any atom is -0.391 e. The van der Waals surface area contributed by atoms with E-state index < -0.39 is 0 Å². The van der Waals surface area contributed by atoms with E-state index in [0.29, 0.717) is 19.5 Å². The van der Waals surface area contributed by atoms with Gasteiger partial charge in [-0.2, -0.15) is 0 Å². The molecule has 1 aliphatic heterocycles. The van der Waals surface area contributed by atoms with Gasteiger partial charge in [0, 0.05) is 18.8 Å². The van der Waals surface area contributed by atoms with Gasteiger partial charge in [-0.1, -0.05) is 26.0 Å². The third-order valence-electron chi connectivity index (χ3n) is 3.66. The van der Waals surface area contributed by atoms with Gasteiger partial charge in [-0.25, -0.2) is 4.79 Å². The normalized spacial score (nSPS) is 18.7. The van der Waals surface area contributed by atoms with E-state index in [1.807, 2.05) is 6.07 Å². The molecule has 1 aliphatic rings. The minimum atomic E-state index is -0.377. The number of urea groups is 1. The second-order valence-corrected chi connectivity index (χ2v) is 5.02. The molecule has 0 aromatic heterocycles. The van der Waals surface area contributed by atoms with Crippen LogP contribution in [-0.2, 0) is 12.8 Å². The molecule has 0 radical (unpaired) electrons. The topological polar surface area (TPSA) is 52.6 Å². The fourth-order valence-electron chi connectivity index (χ4n) is 2.39. The van der Waals surface area contributed by atoms with Crippen LogP contribution in [0.15, 0.2) is 18.2 Å². The molecule has 1 saturated heterocycles. The number of likely N-dealkylation sites (tertiary alicyclic amines) is 1. The minimum absolute atomic E-state index is 0.112. The first-order valence-electron chi connectivity index (χ1n) is 6.99. The molecule has 1 atom stereocenters. The van der Waals surface area contributed by atoms with Gasteiger partial charge in [0.25, 0.3) is 0 Å². The van der Waals surface area contributed by atoms with E-state index >= 15 is 0 Å². The Morgan fingerprint density at radius 1 is 1.42 bits per heavy atom. The maximum atomic E-state index is 12.1. The number of benzene rings is 1. The predicted molar refractivity (Wildman–Crippen MR) is 76.4 cm³/mol. The average Bonchev–Trinajstić information content (AvgIpc) is 2.85. The maximum Gasteiger partial charge on any atom is 0.321 e. The summed E-state index contributed by atoms with van der Waals surface area (Å²) in [6, 6.07) is 6.12. The van der Waals surface area contributed by atoms with Gasteiger partial charge in [0.05, 0.1) is 6.10 Å². The number of anilines is 1. The molecule has 0 unspecified atom stereocenters. The van der Waals surface area contributed by atoms with Crippen molar-refractivity contribution in [3.8, 4) is 0 Å². The SMILES string of the molecule is CCc1ccc(CC)c(NC(=O)N2CC[C@H](O)C2)c1. The molecule has 2 N–H and O–H groups in total. The molecule has 0 saturated carbocycles. The zero-order valence-electron chi connectivity index (χ0n) is 11.6. The molecular weight excluding hydrogens is 240 g/mol. The number of hydrogen-bond acceptors (Lipinski definition) is 2. The Kier molecular flexibility index (Phi) is 4.43. The van der Waals surface area contributed by atoms with Crippen LogP contribution < -0.4 is 5.32 Å². The first kappa shape index (κ1) is 13.9. The van der Waals surface area contributed by atoms with Crippen molar-refractivity contribution >= 4 is 11.7 Å². The molecule has 1 aromatic rings. The predicted octanol–water partition coefficient (Wildman–Crippen LogP) is 2.41. The highest BCUT2D eigenvalue weighted by Crippen LogP contribution is 2.20. The van der Waals surface area contributed by atoms with Gasteiger partial charge in [0.1, 0.15) is 0 Å². The summed E-state index contributed by atoms with van der Waals surface area (Å²) in [5, 5.41) is 12.5. The molecular formula is C15H22N2O2. The second kappa shape index (κ2) is 6.06. The molecule has 0 spiro atoms. The summed E-state index contributed by atoms with van der Waals surface area (Å²) in [7, 11) is 0. The van der Waals surface area contributed by atoms with E-state index in [4.69, 9.17) is 0 Å². The highest BCUT2D eigenvalue weighted by Gasteiger charge is 2.24. The van der Waals surface area contributed by atoms with E-state index in [0.717, 1.165) is 24.1 Å². The maximum absolute atomic E-state index is 12.1. The second-order valence-electron chi connectivity index (χ2n) is 5.02. The van der Waals surface area contributed by atoms with Crippen LogP contribution >= 0.6 is 0 Å². The number of carbonyl (C=O) groups excluding carboxylic acids is 1. The number of aliphatic hydroxyl groups excluding tert-OH is 1. The van der Waals surface area contributed by atoms with Gasteiger partial charge >= 0.3 is 6.03 Å².